The number of hydrogen-bond donors (Lipinski definition) is 2. The number of rotatable bonds is 5. The van der Waals surface area contributed by atoms with Gasteiger partial charge in [0.25, 0.3) is 0 Å². The summed E-state index contributed by atoms with van der Waals surface area (Å²) in [5, 5.41) is 10.6. The van der Waals surface area contributed by atoms with Crippen LogP contribution in [0, 0.1) is 12.3 Å². The molecule has 0 unspecified atom stereocenters. The molecule has 0 aliphatic carbocycles. The lowest BCUT2D eigenvalue weighted by Gasteiger charge is -2.42. The Labute approximate surface area is 202 Å². The first kappa shape index (κ1) is 25.7. The summed E-state index contributed by atoms with van der Waals surface area (Å²) in [7, 11) is 0. The van der Waals surface area contributed by atoms with Crippen molar-refractivity contribution in [2.75, 3.05) is 24.6 Å². The summed E-state index contributed by atoms with van der Waals surface area (Å²) in [5.74, 6) is 1.34. The molecule has 0 amide bonds. The van der Waals surface area contributed by atoms with Crippen LogP contribution in [0.3, 0.4) is 0 Å². The van der Waals surface area contributed by atoms with E-state index in [1.807, 2.05) is 39.0 Å². The van der Waals surface area contributed by atoms with E-state index in [1.54, 1.807) is 0 Å². The number of hydrogen-bond acceptors (Lipinski definition) is 7. The molecule has 2 aliphatic rings. The number of aryl methyl sites for hydroxylation is 1. The van der Waals surface area contributed by atoms with Crippen LogP contribution in [-0.4, -0.2) is 53.0 Å². The Balaban J connectivity index is 0.00000306. The number of nitrogens with zero attached hydrogens (tertiary/aromatic N) is 3. The Morgan fingerprint density at radius 1 is 1.30 bits per heavy atom. The van der Waals surface area contributed by atoms with Crippen LogP contribution in [-0.2, 0) is 11.3 Å². The highest BCUT2D eigenvalue weighted by atomic mass is 35.5. The molecule has 2 aromatic rings. The van der Waals surface area contributed by atoms with Crippen molar-refractivity contribution in [3.63, 3.8) is 0 Å². The van der Waals surface area contributed by atoms with E-state index in [0.29, 0.717) is 28.8 Å². The normalized spacial score (nSPS) is 22.0. The highest BCUT2D eigenvalue weighted by Gasteiger charge is 2.47. The van der Waals surface area contributed by atoms with Crippen LogP contribution in [0.25, 0.3) is 11.3 Å². The van der Waals surface area contributed by atoms with Gasteiger partial charge in [0, 0.05) is 30.1 Å². The van der Waals surface area contributed by atoms with Crippen LogP contribution < -0.4 is 15.4 Å². The van der Waals surface area contributed by atoms with Gasteiger partial charge in [-0.15, -0.1) is 0 Å². The fourth-order valence-corrected chi connectivity index (χ4v) is 5.09. The van der Waals surface area contributed by atoms with Crippen molar-refractivity contribution >= 4 is 17.4 Å². The van der Waals surface area contributed by atoms with Gasteiger partial charge in [0.1, 0.15) is 11.4 Å². The van der Waals surface area contributed by atoms with Gasteiger partial charge in [-0.1, -0.05) is 31.2 Å². The standard InChI is InChI=1S/C24H33ClN4O3.CH4/c1-14(2)32-19-7-5-6-17(20(19)25)21-15(3)27-23(18(12-30)28-21)29-10-8-24(9-11-29)13-31-16(4)22(24)26;/h5-7,14,16,22,30H,8-13,26H2,1-4H3;1H4/t16-,22+;/m0./s1. The quantitative estimate of drug-likeness (QED) is 0.662. The minimum atomic E-state index is -0.198. The first-order chi connectivity index (χ1) is 15.3. The molecule has 182 valence electrons. The van der Waals surface area contributed by atoms with Crippen molar-refractivity contribution in [3.05, 3.63) is 34.6 Å². The third-order valence-corrected chi connectivity index (χ3v) is 7.15. The second-order valence-corrected chi connectivity index (χ2v) is 9.64. The van der Waals surface area contributed by atoms with Crippen LogP contribution in [0.4, 0.5) is 5.82 Å². The number of anilines is 1. The molecule has 0 saturated carbocycles. The van der Waals surface area contributed by atoms with Crippen LogP contribution in [0.2, 0.25) is 5.02 Å². The third-order valence-electron chi connectivity index (χ3n) is 6.76. The predicted molar refractivity (Wildman–Crippen MR) is 133 cm³/mol. The first-order valence-corrected chi connectivity index (χ1v) is 11.7. The predicted octanol–water partition coefficient (Wildman–Crippen LogP) is 4.35. The SMILES string of the molecule is C.Cc1nc(N2CCC3(CC2)CO[C@@H](C)[C@H]3N)c(CO)nc1-c1cccc(OC(C)C)c1Cl. The van der Waals surface area contributed by atoms with Gasteiger partial charge in [-0.05, 0) is 46.6 Å². The number of benzene rings is 1. The number of ether oxygens (including phenoxy) is 2. The zero-order valence-corrected chi connectivity index (χ0v) is 20.0. The highest BCUT2D eigenvalue weighted by Crippen LogP contribution is 2.42. The van der Waals surface area contributed by atoms with Gasteiger partial charge in [-0.25, -0.2) is 9.97 Å². The summed E-state index contributed by atoms with van der Waals surface area (Å²) >= 11 is 6.65. The summed E-state index contributed by atoms with van der Waals surface area (Å²) in [6.45, 7) is 10.0. The largest absolute Gasteiger partial charge is 0.489 e. The fraction of sp³-hybridized carbons (Fsp3) is 0.600. The Kier molecular flexibility index (Phi) is 7.89. The molecule has 7 nitrogen and oxygen atoms in total. The third kappa shape index (κ3) is 4.83. The number of nitrogens with two attached hydrogens (primary N) is 1. The van der Waals surface area contributed by atoms with Crippen molar-refractivity contribution in [2.24, 2.45) is 11.1 Å². The zero-order valence-electron chi connectivity index (χ0n) is 19.3. The Morgan fingerprint density at radius 2 is 2.00 bits per heavy atom. The van der Waals surface area contributed by atoms with E-state index < -0.39 is 0 Å². The van der Waals surface area contributed by atoms with Gasteiger partial charge in [-0.3, -0.25) is 0 Å². The monoisotopic (exact) mass is 476 g/mol. The maximum atomic E-state index is 10.1. The van der Waals surface area contributed by atoms with Gasteiger partial charge in [0.15, 0.2) is 5.82 Å². The molecule has 2 aliphatic heterocycles. The molecule has 1 spiro atoms. The van der Waals surface area contributed by atoms with Crippen molar-refractivity contribution in [2.45, 2.75) is 72.8 Å². The van der Waals surface area contributed by atoms with E-state index >= 15 is 0 Å². The van der Waals surface area contributed by atoms with E-state index in [9.17, 15) is 5.11 Å². The minimum absolute atomic E-state index is 0. The molecular formula is C25H37ClN4O3. The van der Waals surface area contributed by atoms with Gasteiger partial charge in [0.2, 0.25) is 0 Å². The van der Waals surface area contributed by atoms with E-state index in [-0.39, 0.29) is 37.7 Å². The molecule has 33 heavy (non-hydrogen) atoms. The molecule has 3 N–H and O–H groups in total. The molecule has 2 fully saturated rings. The Bertz CT molecular complexity index is 976. The molecule has 4 rings (SSSR count). The minimum Gasteiger partial charge on any atom is -0.489 e. The van der Waals surface area contributed by atoms with E-state index in [1.165, 1.54) is 0 Å². The van der Waals surface area contributed by atoms with Crippen molar-refractivity contribution in [1.82, 2.24) is 9.97 Å². The van der Waals surface area contributed by atoms with Crippen LogP contribution in [0.1, 0.15) is 52.4 Å². The number of halogens is 1. The van der Waals surface area contributed by atoms with Gasteiger partial charge in [-0.2, -0.15) is 0 Å². The molecule has 2 saturated heterocycles. The van der Waals surface area contributed by atoms with E-state index in [0.717, 1.165) is 43.0 Å². The lowest BCUT2D eigenvalue weighted by atomic mass is 9.73. The second-order valence-electron chi connectivity index (χ2n) is 9.26. The van der Waals surface area contributed by atoms with Crippen LogP contribution in [0.5, 0.6) is 5.75 Å². The average molecular weight is 477 g/mol. The summed E-state index contributed by atoms with van der Waals surface area (Å²) in [6.07, 6.45) is 1.98. The van der Waals surface area contributed by atoms with E-state index in [2.05, 4.69) is 11.8 Å². The Morgan fingerprint density at radius 3 is 2.58 bits per heavy atom. The van der Waals surface area contributed by atoms with Gasteiger partial charge >= 0.3 is 0 Å². The zero-order chi connectivity index (χ0) is 23.0. The lowest BCUT2D eigenvalue weighted by molar-refractivity contribution is 0.0973. The molecule has 8 heteroatoms. The topological polar surface area (TPSA) is 93.7 Å². The number of piperidine rings is 1. The van der Waals surface area contributed by atoms with Crippen LogP contribution in [0.15, 0.2) is 18.2 Å². The average Bonchev–Trinajstić information content (AvgIpc) is 3.04. The maximum Gasteiger partial charge on any atom is 0.153 e. The summed E-state index contributed by atoms with van der Waals surface area (Å²) in [5.41, 5.74) is 9.20. The molecule has 0 bridgehead atoms. The number of aliphatic hydroxyl groups is 1. The summed E-state index contributed by atoms with van der Waals surface area (Å²) in [4.78, 5) is 11.9. The molecular weight excluding hydrogens is 440 g/mol. The summed E-state index contributed by atoms with van der Waals surface area (Å²) in [6, 6.07) is 5.70. The molecule has 1 aromatic heterocycles. The summed E-state index contributed by atoms with van der Waals surface area (Å²) < 4.78 is 11.7. The molecule has 0 radical (unpaired) electrons. The van der Waals surface area contributed by atoms with Gasteiger partial charge < -0.3 is 25.2 Å². The smallest absolute Gasteiger partial charge is 0.153 e. The van der Waals surface area contributed by atoms with E-state index in [4.69, 9.17) is 36.8 Å². The van der Waals surface area contributed by atoms with Crippen molar-refractivity contribution < 1.29 is 14.6 Å². The van der Waals surface area contributed by atoms with Gasteiger partial charge in [0.05, 0.1) is 41.8 Å². The first-order valence-electron chi connectivity index (χ1n) is 11.3. The molecule has 3 heterocycles. The van der Waals surface area contributed by atoms with Crippen molar-refractivity contribution in [1.29, 1.82) is 0 Å². The molecule has 2 atom stereocenters. The van der Waals surface area contributed by atoms with Crippen molar-refractivity contribution in [3.8, 4) is 17.0 Å². The Hall–Kier alpha value is -1.93. The number of aliphatic hydroxyl groups excluding tert-OH is 1. The maximum absolute atomic E-state index is 10.1. The number of aromatic nitrogens is 2. The molecule has 1 aromatic carbocycles. The lowest BCUT2D eigenvalue weighted by Crippen LogP contribution is -2.51. The second kappa shape index (κ2) is 10.1. The van der Waals surface area contributed by atoms with Crippen LogP contribution >= 0.6 is 11.6 Å². The highest BCUT2D eigenvalue weighted by molar-refractivity contribution is 6.34. The fourth-order valence-electron chi connectivity index (χ4n) is 4.83.